The molecular formula is C20H28ClFIN5OS. The van der Waals surface area contributed by atoms with Crippen LogP contribution >= 0.6 is 46.9 Å². The van der Waals surface area contributed by atoms with E-state index >= 15 is 0 Å². The van der Waals surface area contributed by atoms with Crippen LogP contribution in [0.2, 0.25) is 5.02 Å². The second-order valence-electron chi connectivity index (χ2n) is 7.00. The average Bonchev–Trinajstić information content (AvgIpc) is 3.11. The lowest BCUT2D eigenvalue weighted by molar-refractivity contribution is -0.0343. The Morgan fingerprint density at radius 1 is 1.47 bits per heavy atom. The number of hydrogen-bond acceptors (Lipinski definition) is 5. The number of ether oxygens (including phenoxy) is 1. The number of nitrogens with one attached hydrogen (secondary N) is 2. The summed E-state index contributed by atoms with van der Waals surface area (Å²) >= 11 is 8.04. The van der Waals surface area contributed by atoms with Crippen molar-refractivity contribution in [3.8, 4) is 0 Å². The molecule has 1 aliphatic rings. The van der Waals surface area contributed by atoms with Crippen molar-refractivity contribution in [3.63, 3.8) is 0 Å². The molecule has 2 atom stereocenters. The highest BCUT2D eigenvalue weighted by atomic mass is 127. The lowest BCUT2D eigenvalue weighted by Crippen LogP contribution is -2.48. The molecule has 2 unspecified atom stereocenters. The van der Waals surface area contributed by atoms with Crippen LogP contribution in [0.3, 0.4) is 0 Å². The van der Waals surface area contributed by atoms with Crippen molar-refractivity contribution in [2.75, 3.05) is 33.3 Å². The lowest BCUT2D eigenvalue weighted by atomic mass is 10.0. The van der Waals surface area contributed by atoms with E-state index in [-0.39, 0.29) is 41.9 Å². The topological polar surface area (TPSA) is 61.8 Å². The number of halogens is 3. The van der Waals surface area contributed by atoms with Crippen LogP contribution in [0.4, 0.5) is 4.39 Å². The summed E-state index contributed by atoms with van der Waals surface area (Å²) in [5.41, 5.74) is 0.502. The number of aromatic nitrogens is 1. The van der Waals surface area contributed by atoms with Gasteiger partial charge in [0.25, 0.3) is 0 Å². The van der Waals surface area contributed by atoms with Crippen LogP contribution in [0.15, 0.2) is 29.4 Å². The van der Waals surface area contributed by atoms with Crippen molar-refractivity contribution in [1.82, 2.24) is 20.5 Å². The van der Waals surface area contributed by atoms with Gasteiger partial charge >= 0.3 is 0 Å². The van der Waals surface area contributed by atoms with Crippen LogP contribution < -0.4 is 10.6 Å². The molecule has 0 amide bonds. The Hall–Kier alpha value is -1.01. The van der Waals surface area contributed by atoms with Crippen LogP contribution in [0, 0.1) is 12.7 Å². The van der Waals surface area contributed by atoms with E-state index in [9.17, 15) is 4.39 Å². The van der Waals surface area contributed by atoms with E-state index < -0.39 is 0 Å². The van der Waals surface area contributed by atoms with Crippen molar-refractivity contribution in [1.29, 1.82) is 0 Å². The van der Waals surface area contributed by atoms with Gasteiger partial charge in [-0.3, -0.25) is 9.89 Å². The summed E-state index contributed by atoms with van der Waals surface area (Å²) in [7, 11) is 1.71. The van der Waals surface area contributed by atoms with Crippen LogP contribution in [0.25, 0.3) is 0 Å². The number of aliphatic imine (C=N–C) groups is 1. The average molecular weight is 568 g/mol. The first-order chi connectivity index (χ1) is 14.0. The van der Waals surface area contributed by atoms with Gasteiger partial charge in [0.05, 0.1) is 25.3 Å². The molecule has 1 aliphatic heterocycles. The standard InChI is InChI=1S/C20H27ClFN5OS.HI/c1-13-12-27(7-8-28-13)17(19-15(21)5-4-6-16(19)22)10-25-20(23-3)26-11-18-24-9-14(2)29-18;/h4-6,9,13,17H,7-8,10-12H2,1-3H3,(H2,23,25,26);1H. The summed E-state index contributed by atoms with van der Waals surface area (Å²) in [5.74, 6) is 0.335. The summed E-state index contributed by atoms with van der Waals surface area (Å²) < 4.78 is 20.4. The molecule has 6 nitrogen and oxygen atoms in total. The number of guanidine groups is 1. The quantitative estimate of drug-likeness (QED) is 0.314. The van der Waals surface area contributed by atoms with E-state index in [0.717, 1.165) is 5.01 Å². The van der Waals surface area contributed by atoms with E-state index in [1.54, 1.807) is 30.5 Å². The molecule has 3 rings (SSSR count). The number of rotatable bonds is 6. The molecule has 1 saturated heterocycles. The van der Waals surface area contributed by atoms with Gasteiger partial charge in [0.1, 0.15) is 10.8 Å². The Morgan fingerprint density at radius 2 is 2.27 bits per heavy atom. The Balaban J connectivity index is 0.00000320. The number of morpholine rings is 1. The molecule has 2 aromatic rings. The van der Waals surface area contributed by atoms with E-state index in [1.165, 1.54) is 10.9 Å². The number of thiazole rings is 1. The maximum atomic E-state index is 14.7. The molecule has 10 heteroatoms. The van der Waals surface area contributed by atoms with Crippen LogP contribution in [0.5, 0.6) is 0 Å². The minimum Gasteiger partial charge on any atom is -0.376 e. The molecule has 30 heavy (non-hydrogen) atoms. The Kier molecular flexibility index (Phi) is 10.2. The van der Waals surface area contributed by atoms with E-state index in [4.69, 9.17) is 16.3 Å². The number of nitrogens with zero attached hydrogens (tertiary/aromatic N) is 3. The third kappa shape index (κ3) is 6.74. The molecule has 0 radical (unpaired) electrons. The summed E-state index contributed by atoms with van der Waals surface area (Å²) in [6, 6.07) is 4.57. The fourth-order valence-corrected chi connectivity index (χ4v) is 4.44. The Bertz CT molecular complexity index is 832. The third-order valence-corrected chi connectivity index (χ3v) is 6.05. The zero-order valence-electron chi connectivity index (χ0n) is 17.3. The van der Waals surface area contributed by atoms with E-state index in [2.05, 4.69) is 25.5 Å². The molecule has 0 bridgehead atoms. The summed E-state index contributed by atoms with van der Waals surface area (Å²) in [6.07, 6.45) is 1.94. The molecular weight excluding hydrogens is 540 g/mol. The second-order valence-corrected chi connectivity index (χ2v) is 8.73. The van der Waals surface area contributed by atoms with Crippen molar-refractivity contribution >= 4 is 52.9 Å². The van der Waals surface area contributed by atoms with Gasteiger partial charge in [0.15, 0.2) is 5.96 Å². The van der Waals surface area contributed by atoms with Gasteiger partial charge in [-0.05, 0) is 26.0 Å². The van der Waals surface area contributed by atoms with E-state index in [1.807, 2.05) is 20.0 Å². The highest BCUT2D eigenvalue weighted by Gasteiger charge is 2.29. The molecule has 1 fully saturated rings. The Labute approximate surface area is 203 Å². The fourth-order valence-electron chi connectivity index (χ4n) is 3.43. The minimum atomic E-state index is -0.301. The lowest BCUT2D eigenvalue weighted by Gasteiger charge is -2.38. The molecule has 1 aromatic carbocycles. The van der Waals surface area contributed by atoms with Gasteiger partial charge in [-0.25, -0.2) is 9.37 Å². The molecule has 2 heterocycles. The van der Waals surface area contributed by atoms with Gasteiger partial charge in [-0.2, -0.15) is 0 Å². The second kappa shape index (κ2) is 12.1. The maximum Gasteiger partial charge on any atom is 0.191 e. The fraction of sp³-hybridized carbons (Fsp3) is 0.500. The highest BCUT2D eigenvalue weighted by molar-refractivity contribution is 14.0. The van der Waals surface area contributed by atoms with E-state index in [0.29, 0.717) is 49.3 Å². The highest BCUT2D eigenvalue weighted by Crippen LogP contribution is 2.31. The summed E-state index contributed by atoms with van der Waals surface area (Å²) in [6.45, 7) is 7.13. The first kappa shape index (κ1) is 25.3. The van der Waals surface area contributed by atoms with Gasteiger partial charge < -0.3 is 15.4 Å². The molecule has 0 saturated carbocycles. The predicted octanol–water partition coefficient (Wildman–Crippen LogP) is 3.99. The molecule has 166 valence electrons. The normalized spacial score (nSPS) is 18.6. The van der Waals surface area contributed by atoms with Crippen LogP contribution in [-0.4, -0.2) is 55.2 Å². The predicted molar refractivity (Wildman–Crippen MR) is 132 cm³/mol. The summed E-state index contributed by atoms with van der Waals surface area (Å²) in [5, 5.41) is 8.00. The molecule has 0 spiro atoms. The number of aryl methyl sites for hydroxylation is 1. The third-order valence-electron chi connectivity index (χ3n) is 4.81. The Morgan fingerprint density at radius 3 is 2.90 bits per heavy atom. The van der Waals surface area contributed by atoms with Gasteiger partial charge in [-0.15, -0.1) is 35.3 Å². The monoisotopic (exact) mass is 567 g/mol. The molecule has 0 aliphatic carbocycles. The van der Waals surface area contributed by atoms with Crippen molar-refractivity contribution in [2.45, 2.75) is 32.5 Å². The maximum absolute atomic E-state index is 14.7. The van der Waals surface area contributed by atoms with Crippen molar-refractivity contribution in [3.05, 3.63) is 50.7 Å². The zero-order valence-corrected chi connectivity index (χ0v) is 21.2. The molecule has 2 N–H and O–H groups in total. The van der Waals surface area contributed by atoms with Gasteiger partial charge in [0, 0.05) is 48.3 Å². The first-order valence-electron chi connectivity index (χ1n) is 9.63. The summed E-state index contributed by atoms with van der Waals surface area (Å²) in [4.78, 5) is 12.0. The minimum absolute atomic E-state index is 0. The number of hydrogen-bond donors (Lipinski definition) is 2. The van der Waals surface area contributed by atoms with Crippen LogP contribution in [0.1, 0.15) is 28.4 Å². The number of benzene rings is 1. The van der Waals surface area contributed by atoms with Gasteiger partial charge in [0.2, 0.25) is 0 Å². The first-order valence-corrected chi connectivity index (χ1v) is 10.8. The molecule has 1 aromatic heterocycles. The van der Waals surface area contributed by atoms with Gasteiger partial charge in [-0.1, -0.05) is 17.7 Å². The van der Waals surface area contributed by atoms with Crippen molar-refractivity contribution < 1.29 is 9.13 Å². The zero-order chi connectivity index (χ0) is 20.8. The SMILES string of the molecule is CN=C(NCc1ncc(C)s1)NCC(c1c(F)cccc1Cl)N1CCOC(C)C1.I. The van der Waals surface area contributed by atoms with Crippen LogP contribution in [-0.2, 0) is 11.3 Å². The van der Waals surface area contributed by atoms with Crippen molar-refractivity contribution in [2.24, 2.45) is 4.99 Å². The smallest absolute Gasteiger partial charge is 0.191 e. The largest absolute Gasteiger partial charge is 0.376 e.